The van der Waals surface area contributed by atoms with Crippen LogP contribution in [-0.2, 0) is 9.53 Å². The van der Waals surface area contributed by atoms with E-state index in [9.17, 15) is 4.79 Å². The van der Waals surface area contributed by atoms with Crippen LogP contribution in [0, 0.1) is 0 Å². The predicted molar refractivity (Wildman–Crippen MR) is 138 cm³/mol. The van der Waals surface area contributed by atoms with E-state index in [0.717, 1.165) is 19.3 Å². The number of hydrogen-bond acceptors (Lipinski definition) is 2. The number of carbonyl (C=O) groups excluding carboxylic acids is 1. The second kappa shape index (κ2) is 25.7. The van der Waals surface area contributed by atoms with Crippen molar-refractivity contribution in [3.05, 3.63) is 0 Å². The third-order valence-corrected chi connectivity index (χ3v) is 6.54. The number of rotatable bonds is 25. The fraction of sp³-hybridized carbons (Fsp3) is 0.966. The highest BCUT2D eigenvalue weighted by atomic mass is 16.5. The number of carbonyl (C=O) groups is 1. The highest BCUT2D eigenvalue weighted by Gasteiger charge is 2.14. The van der Waals surface area contributed by atoms with Crippen molar-refractivity contribution in [1.82, 2.24) is 0 Å². The van der Waals surface area contributed by atoms with Crippen LogP contribution in [-0.4, -0.2) is 12.1 Å². The fourth-order valence-electron chi connectivity index (χ4n) is 4.39. The number of unbranched alkanes of at least 4 members (excludes halogenated alkanes) is 18. The quantitative estimate of drug-likeness (QED) is 0.105. The van der Waals surface area contributed by atoms with Gasteiger partial charge in [-0.2, -0.15) is 0 Å². The molecule has 0 saturated heterocycles. The summed E-state index contributed by atoms with van der Waals surface area (Å²) in [4.78, 5) is 12.3. The zero-order valence-corrected chi connectivity index (χ0v) is 21.9. The van der Waals surface area contributed by atoms with Crippen LogP contribution in [0.3, 0.4) is 0 Å². The molecule has 0 radical (unpaired) electrons. The first-order valence-electron chi connectivity index (χ1n) is 14.4. The summed E-state index contributed by atoms with van der Waals surface area (Å²) in [5.74, 6) is 0.0551. The smallest absolute Gasteiger partial charge is 0.306 e. The van der Waals surface area contributed by atoms with Crippen LogP contribution in [0.15, 0.2) is 0 Å². The van der Waals surface area contributed by atoms with Gasteiger partial charge in [-0.25, -0.2) is 0 Å². The van der Waals surface area contributed by atoms with Gasteiger partial charge in [-0.1, -0.05) is 136 Å². The molecule has 0 rings (SSSR count). The van der Waals surface area contributed by atoms with E-state index in [2.05, 4.69) is 20.8 Å². The van der Waals surface area contributed by atoms with Crippen molar-refractivity contribution in [2.75, 3.05) is 0 Å². The molecule has 0 aromatic heterocycles. The molecule has 0 aliphatic rings. The molecule has 1 unspecified atom stereocenters. The average molecular weight is 439 g/mol. The molecular formula is C29H58O2. The maximum atomic E-state index is 12.3. The lowest BCUT2D eigenvalue weighted by Gasteiger charge is -2.18. The van der Waals surface area contributed by atoms with Crippen molar-refractivity contribution in [2.45, 2.75) is 181 Å². The fourth-order valence-corrected chi connectivity index (χ4v) is 4.39. The number of esters is 1. The van der Waals surface area contributed by atoms with Gasteiger partial charge in [0.05, 0.1) is 0 Å². The standard InChI is InChI=1S/C29H58O2/c1-4-7-10-13-15-16-17-18-21-23-26-28(25-22-20-14-11-8-5-2)31-29(30)27-24-19-12-9-6-3/h28H,4-27H2,1-3H3. The molecule has 0 aromatic carbocycles. The zero-order valence-electron chi connectivity index (χ0n) is 21.9. The van der Waals surface area contributed by atoms with Gasteiger partial charge in [0.15, 0.2) is 0 Å². The molecule has 0 heterocycles. The molecule has 0 aliphatic heterocycles. The van der Waals surface area contributed by atoms with Gasteiger partial charge in [0.1, 0.15) is 6.10 Å². The highest BCUT2D eigenvalue weighted by Crippen LogP contribution is 2.18. The normalized spacial score (nSPS) is 12.2. The van der Waals surface area contributed by atoms with E-state index in [1.54, 1.807) is 0 Å². The van der Waals surface area contributed by atoms with Crippen molar-refractivity contribution in [3.63, 3.8) is 0 Å². The number of ether oxygens (including phenoxy) is 1. The van der Waals surface area contributed by atoms with E-state index in [-0.39, 0.29) is 12.1 Å². The summed E-state index contributed by atoms with van der Waals surface area (Å²) in [6.45, 7) is 6.78. The largest absolute Gasteiger partial charge is 0.462 e. The molecule has 0 aromatic rings. The van der Waals surface area contributed by atoms with Crippen LogP contribution in [0.2, 0.25) is 0 Å². The average Bonchev–Trinajstić information content (AvgIpc) is 2.77. The minimum absolute atomic E-state index is 0.0551. The van der Waals surface area contributed by atoms with E-state index in [0.29, 0.717) is 6.42 Å². The molecule has 0 fully saturated rings. The van der Waals surface area contributed by atoms with Crippen LogP contribution in [0.25, 0.3) is 0 Å². The third-order valence-electron chi connectivity index (χ3n) is 6.54. The summed E-state index contributed by atoms with van der Waals surface area (Å²) in [5, 5.41) is 0. The molecule has 2 heteroatoms. The lowest BCUT2D eigenvalue weighted by molar-refractivity contribution is -0.150. The second-order valence-electron chi connectivity index (χ2n) is 9.80. The van der Waals surface area contributed by atoms with Crippen LogP contribution in [0.4, 0.5) is 0 Å². The van der Waals surface area contributed by atoms with Gasteiger partial charge >= 0.3 is 5.97 Å². The summed E-state index contributed by atoms with van der Waals surface area (Å²) >= 11 is 0. The second-order valence-corrected chi connectivity index (χ2v) is 9.80. The van der Waals surface area contributed by atoms with Crippen LogP contribution < -0.4 is 0 Å². The monoisotopic (exact) mass is 438 g/mol. The first-order valence-corrected chi connectivity index (χ1v) is 14.4. The summed E-state index contributed by atoms with van der Waals surface area (Å²) in [6.07, 6.45) is 30.4. The molecular weight excluding hydrogens is 380 g/mol. The SMILES string of the molecule is CCCCCCCCCCCCC(CCCCCCCC)OC(=O)CCCCCCC. The molecule has 0 N–H and O–H groups in total. The zero-order chi connectivity index (χ0) is 22.8. The molecule has 186 valence electrons. The lowest BCUT2D eigenvalue weighted by atomic mass is 10.0. The van der Waals surface area contributed by atoms with E-state index in [4.69, 9.17) is 4.74 Å². The topological polar surface area (TPSA) is 26.3 Å². The van der Waals surface area contributed by atoms with Crippen LogP contribution >= 0.6 is 0 Å². The molecule has 2 nitrogen and oxygen atoms in total. The Balaban J connectivity index is 3.96. The first-order chi connectivity index (χ1) is 15.2. The predicted octanol–water partition coefficient (Wildman–Crippen LogP) is 10.3. The van der Waals surface area contributed by atoms with E-state index in [1.165, 1.54) is 128 Å². The van der Waals surface area contributed by atoms with E-state index >= 15 is 0 Å². The molecule has 0 amide bonds. The van der Waals surface area contributed by atoms with Crippen molar-refractivity contribution in [2.24, 2.45) is 0 Å². The number of hydrogen-bond donors (Lipinski definition) is 0. The summed E-state index contributed by atoms with van der Waals surface area (Å²) in [5.41, 5.74) is 0. The highest BCUT2D eigenvalue weighted by molar-refractivity contribution is 5.69. The Bertz CT molecular complexity index is 353. The van der Waals surface area contributed by atoms with Crippen molar-refractivity contribution < 1.29 is 9.53 Å². The molecule has 0 spiro atoms. The van der Waals surface area contributed by atoms with Gasteiger partial charge in [-0.3, -0.25) is 4.79 Å². The first kappa shape index (κ1) is 30.5. The molecule has 31 heavy (non-hydrogen) atoms. The van der Waals surface area contributed by atoms with Gasteiger partial charge in [0.25, 0.3) is 0 Å². The van der Waals surface area contributed by atoms with Gasteiger partial charge < -0.3 is 4.74 Å². The van der Waals surface area contributed by atoms with E-state index < -0.39 is 0 Å². The molecule has 0 aliphatic carbocycles. The Kier molecular flexibility index (Phi) is 25.3. The lowest BCUT2D eigenvalue weighted by Crippen LogP contribution is -2.18. The van der Waals surface area contributed by atoms with Gasteiger partial charge in [-0.15, -0.1) is 0 Å². The minimum Gasteiger partial charge on any atom is -0.462 e. The Hall–Kier alpha value is -0.530. The Labute approximate surface area is 196 Å². The molecule has 0 saturated carbocycles. The Morgan fingerprint density at radius 2 is 0.806 bits per heavy atom. The summed E-state index contributed by atoms with van der Waals surface area (Å²) in [6, 6.07) is 0. The Morgan fingerprint density at radius 3 is 1.19 bits per heavy atom. The maximum absolute atomic E-state index is 12.3. The van der Waals surface area contributed by atoms with E-state index in [1.807, 2.05) is 0 Å². The van der Waals surface area contributed by atoms with Gasteiger partial charge in [-0.05, 0) is 32.1 Å². The van der Waals surface area contributed by atoms with Crippen LogP contribution in [0.1, 0.15) is 175 Å². The van der Waals surface area contributed by atoms with Gasteiger partial charge in [0, 0.05) is 6.42 Å². The van der Waals surface area contributed by atoms with Crippen LogP contribution in [0.5, 0.6) is 0 Å². The minimum atomic E-state index is 0.0551. The molecule has 0 bridgehead atoms. The summed E-state index contributed by atoms with van der Waals surface area (Å²) < 4.78 is 5.93. The van der Waals surface area contributed by atoms with Crippen molar-refractivity contribution >= 4 is 5.97 Å². The summed E-state index contributed by atoms with van der Waals surface area (Å²) in [7, 11) is 0. The van der Waals surface area contributed by atoms with Gasteiger partial charge in [0.2, 0.25) is 0 Å². The van der Waals surface area contributed by atoms with Crippen molar-refractivity contribution in [1.29, 1.82) is 0 Å². The third kappa shape index (κ3) is 24.0. The molecule has 1 atom stereocenters. The van der Waals surface area contributed by atoms with Crippen molar-refractivity contribution in [3.8, 4) is 0 Å². The Morgan fingerprint density at radius 1 is 0.484 bits per heavy atom. The maximum Gasteiger partial charge on any atom is 0.306 e.